The van der Waals surface area contributed by atoms with Gasteiger partial charge in [-0.15, -0.1) is 6.58 Å². The second-order valence-corrected chi connectivity index (χ2v) is 6.28. The highest BCUT2D eigenvalue weighted by molar-refractivity contribution is 5.93. The lowest BCUT2D eigenvalue weighted by molar-refractivity contribution is -0.144. The molecular formula is C17H23N3O3. The fourth-order valence-electron chi connectivity index (χ4n) is 3.62. The first-order chi connectivity index (χ1) is 11.2. The molecule has 0 aromatic carbocycles. The van der Waals surface area contributed by atoms with Gasteiger partial charge in [-0.05, 0) is 25.3 Å². The third-order valence-electron chi connectivity index (χ3n) is 4.73. The van der Waals surface area contributed by atoms with Gasteiger partial charge in [0.2, 0.25) is 0 Å². The summed E-state index contributed by atoms with van der Waals surface area (Å²) in [5.41, 5.74) is 0.465. The average molecular weight is 317 g/mol. The molecule has 0 N–H and O–H groups in total. The van der Waals surface area contributed by atoms with E-state index in [0.717, 1.165) is 25.9 Å². The van der Waals surface area contributed by atoms with Crippen LogP contribution in [0.2, 0.25) is 0 Å². The van der Waals surface area contributed by atoms with Gasteiger partial charge in [0.25, 0.3) is 5.91 Å². The number of hydrogen-bond donors (Lipinski definition) is 0. The Balaban J connectivity index is 1.75. The van der Waals surface area contributed by atoms with Crippen LogP contribution in [-0.2, 0) is 9.47 Å². The minimum atomic E-state index is -0.115. The van der Waals surface area contributed by atoms with Gasteiger partial charge >= 0.3 is 0 Å². The first kappa shape index (κ1) is 16.1. The summed E-state index contributed by atoms with van der Waals surface area (Å²) < 4.78 is 11.7. The number of carbonyl (C=O) groups excluding carboxylic acids is 1. The summed E-state index contributed by atoms with van der Waals surface area (Å²) >= 11 is 0. The molecule has 23 heavy (non-hydrogen) atoms. The maximum Gasteiger partial charge on any atom is 0.255 e. The molecule has 0 saturated carbocycles. The zero-order chi connectivity index (χ0) is 16.1. The molecule has 3 rings (SSSR count). The second kappa shape index (κ2) is 7.19. The van der Waals surface area contributed by atoms with Crippen molar-refractivity contribution in [1.82, 2.24) is 15.1 Å². The highest BCUT2D eigenvalue weighted by atomic mass is 16.5. The minimum absolute atomic E-state index is 0.00650. The van der Waals surface area contributed by atoms with Gasteiger partial charge in [0.15, 0.2) is 0 Å². The largest absolute Gasteiger partial charge is 0.377 e. The molecular weight excluding hydrogens is 294 g/mol. The zero-order valence-electron chi connectivity index (χ0n) is 13.3. The molecule has 2 saturated heterocycles. The smallest absolute Gasteiger partial charge is 0.255 e. The standard InChI is InChI=1S/C17H23N3O3/c1-2-9-22-13-17-6-3-10-23-15(17)5-8-20(12-17)16(21)14-4-7-18-19-11-14/h2,4,7,11,15H,1,3,5-6,8-10,12-13H2/t15-,17+/m0/s1. The first-order valence-corrected chi connectivity index (χ1v) is 8.11. The topological polar surface area (TPSA) is 64.6 Å². The van der Waals surface area contributed by atoms with Crippen LogP contribution in [0.5, 0.6) is 0 Å². The highest BCUT2D eigenvalue weighted by Gasteiger charge is 2.47. The number of fused-ring (bicyclic) bond motifs is 1. The van der Waals surface area contributed by atoms with Gasteiger partial charge in [0, 0.05) is 25.1 Å². The molecule has 2 aliphatic rings. The molecule has 1 aromatic heterocycles. The summed E-state index contributed by atoms with van der Waals surface area (Å²) in [4.78, 5) is 14.6. The van der Waals surface area contributed by atoms with Crippen molar-refractivity contribution in [2.75, 3.05) is 32.9 Å². The molecule has 2 atom stereocenters. The molecule has 1 amide bonds. The Morgan fingerprint density at radius 2 is 2.48 bits per heavy atom. The molecule has 0 bridgehead atoms. The van der Waals surface area contributed by atoms with E-state index in [1.54, 1.807) is 18.3 Å². The van der Waals surface area contributed by atoms with Crippen LogP contribution < -0.4 is 0 Å². The molecule has 0 spiro atoms. The molecule has 0 aliphatic carbocycles. The van der Waals surface area contributed by atoms with Crippen molar-refractivity contribution in [2.24, 2.45) is 5.41 Å². The van der Waals surface area contributed by atoms with E-state index >= 15 is 0 Å². The van der Waals surface area contributed by atoms with Crippen LogP contribution in [0.4, 0.5) is 0 Å². The summed E-state index contributed by atoms with van der Waals surface area (Å²) in [5, 5.41) is 7.53. The number of aromatic nitrogens is 2. The third kappa shape index (κ3) is 3.43. The minimum Gasteiger partial charge on any atom is -0.377 e. The van der Waals surface area contributed by atoms with Crippen molar-refractivity contribution >= 4 is 5.91 Å². The molecule has 2 fully saturated rings. The summed E-state index contributed by atoms with van der Waals surface area (Å²) in [6, 6.07) is 1.71. The van der Waals surface area contributed by atoms with E-state index in [-0.39, 0.29) is 17.4 Å². The van der Waals surface area contributed by atoms with E-state index in [1.807, 2.05) is 4.90 Å². The fraction of sp³-hybridized carbons (Fsp3) is 0.588. The van der Waals surface area contributed by atoms with E-state index in [1.165, 1.54) is 6.20 Å². The lowest BCUT2D eigenvalue weighted by Gasteiger charge is -2.50. The third-order valence-corrected chi connectivity index (χ3v) is 4.73. The van der Waals surface area contributed by atoms with Crippen LogP contribution in [-0.4, -0.2) is 60.0 Å². The van der Waals surface area contributed by atoms with Gasteiger partial charge < -0.3 is 14.4 Å². The van der Waals surface area contributed by atoms with Gasteiger partial charge in [-0.3, -0.25) is 4.79 Å². The number of amides is 1. The maximum absolute atomic E-state index is 12.7. The Bertz CT molecular complexity index is 551. The number of piperidine rings is 1. The normalized spacial score (nSPS) is 27.3. The second-order valence-electron chi connectivity index (χ2n) is 6.28. The monoisotopic (exact) mass is 317 g/mol. The summed E-state index contributed by atoms with van der Waals surface area (Å²) in [7, 11) is 0. The predicted octanol–water partition coefficient (Wildman–Crippen LogP) is 1.69. The van der Waals surface area contributed by atoms with Crippen molar-refractivity contribution in [3.05, 3.63) is 36.7 Å². The van der Waals surface area contributed by atoms with Crippen LogP contribution in [0.25, 0.3) is 0 Å². The van der Waals surface area contributed by atoms with Crippen LogP contribution in [0.3, 0.4) is 0 Å². The maximum atomic E-state index is 12.7. The summed E-state index contributed by atoms with van der Waals surface area (Å²) in [6.07, 6.45) is 7.87. The van der Waals surface area contributed by atoms with E-state index in [9.17, 15) is 4.79 Å². The van der Waals surface area contributed by atoms with Crippen LogP contribution in [0.1, 0.15) is 29.6 Å². The Labute approximate surface area is 136 Å². The lowest BCUT2D eigenvalue weighted by Crippen LogP contribution is -2.58. The number of nitrogens with zero attached hydrogens (tertiary/aromatic N) is 3. The SMILES string of the molecule is C=CCOC[C@]12CCCO[C@H]1CCN(C(=O)c1ccnnc1)C2. The number of likely N-dealkylation sites (tertiary alicyclic amines) is 1. The molecule has 1 aromatic rings. The number of carbonyl (C=O) groups is 1. The first-order valence-electron chi connectivity index (χ1n) is 8.11. The quantitative estimate of drug-likeness (QED) is 0.611. The summed E-state index contributed by atoms with van der Waals surface area (Å²) in [6.45, 7) is 6.99. The van der Waals surface area contributed by atoms with E-state index in [4.69, 9.17) is 9.47 Å². The Morgan fingerprint density at radius 3 is 3.26 bits per heavy atom. The summed E-state index contributed by atoms with van der Waals surface area (Å²) in [5.74, 6) is 0.00650. The highest BCUT2D eigenvalue weighted by Crippen LogP contribution is 2.40. The van der Waals surface area contributed by atoms with E-state index in [2.05, 4.69) is 16.8 Å². The van der Waals surface area contributed by atoms with Gasteiger partial charge in [-0.25, -0.2) is 0 Å². The Kier molecular flexibility index (Phi) is 5.03. The average Bonchev–Trinajstić information content (AvgIpc) is 2.61. The van der Waals surface area contributed by atoms with Crippen molar-refractivity contribution in [2.45, 2.75) is 25.4 Å². The number of ether oxygens (including phenoxy) is 2. The van der Waals surface area contributed by atoms with Crippen LogP contribution >= 0.6 is 0 Å². The number of rotatable bonds is 5. The predicted molar refractivity (Wildman–Crippen MR) is 85.0 cm³/mol. The van der Waals surface area contributed by atoms with Gasteiger partial charge in [0.1, 0.15) is 0 Å². The van der Waals surface area contributed by atoms with Crippen LogP contribution in [0.15, 0.2) is 31.1 Å². The zero-order valence-corrected chi connectivity index (χ0v) is 13.3. The Morgan fingerprint density at radius 1 is 1.57 bits per heavy atom. The molecule has 6 heteroatoms. The van der Waals surface area contributed by atoms with Crippen molar-refractivity contribution in [1.29, 1.82) is 0 Å². The molecule has 0 radical (unpaired) electrons. The lowest BCUT2D eigenvalue weighted by atomic mass is 9.73. The van der Waals surface area contributed by atoms with Crippen LogP contribution in [0, 0.1) is 5.41 Å². The molecule has 6 nitrogen and oxygen atoms in total. The molecule has 0 unspecified atom stereocenters. The van der Waals surface area contributed by atoms with Gasteiger partial charge in [-0.2, -0.15) is 10.2 Å². The molecule has 124 valence electrons. The van der Waals surface area contributed by atoms with Crippen molar-refractivity contribution in [3.8, 4) is 0 Å². The van der Waals surface area contributed by atoms with Gasteiger partial charge in [-0.1, -0.05) is 6.08 Å². The van der Waals surface area contributed by atoms with E-state index in [0.29, 0.717) is 31.9 Å². The number of hydrogen-bond acceptors (Lipinski definition) is 5. The van der Waals surface area contributed by atoms with Crippen molar-refractivity contribution in [3.63, 3.8) is 0 Å². The molecule has 2 aliphatic heterocycles. The van der Waals surface area contributed by atoms with Crippen molar-refractivity contribution < 1.29 is 14.3 Å². The molecule has 3 heterocycles. The van der Waals surface area contributed by atoms with Gasteiger partial charge in [0.05, 0.1) is 37.3 Å². The van der Waals surface area contributed by atoms with E-state index < -0.39 is 0 Å². The Hall–Kier alpha value is -1.79. The fourth-order valence-corrected chi connectivity index (χ4v) is 3.62.